The summed E-state index contributed by atoms with van der Waals surface area (Å²) in [7, 11) is 0. The molecule has 3 nitrogen and oxygen atoms in total. The van der Waals surface area contributed by atoms with Crippen LogP contribution in [0, 0.1) is 0 Å². The predicted molar refractivity (Wildman–Crippen MR) is 63.1 cm³/mol. The van der Waals surface area contributed by atoms with Gasteiger partial charge in [0.15, 0.2) is 0 Å². The lowest BCUT2D eigenvalue weighted by Gasteiger charge is -2.39. The van der Waals surface area contributed by atoms with Crippen LogP contribution in [0.5, 0.6) is 5.75 Å². The van der Waals surface area contributed by atoms with Crippen LogP contribution in [0.4, 0.5) is 0 Å². The summed E-state index contributed by atoms with van der Waals surface area (Å²) >= 11 is 1.40. The molecule has 1 aliphatic carbocycles. The summed E-state index contributed by atoms with van der Waals surface area (Å²) in [6, 6.07) is 5.13. The Labute approximate surface area is 98.5 Å². The van der Waals surface area contributed by atoms with Crippen LogP contribution in [-0.4, -0.2) is 22.4 Å². The van der Waals surface area contributed by atoms with E-state index in [2.05, 4.69) is 0 Å². The Morgan fingerprint density at radius 3 is 2.56 bits per heavy atom. The highest BCUT2D eigenvalue weighted by atomic mass is 32.2. The first-order valence-corrected chi connectivity index (χ1v) is 6.44. The molecule has 1 fully saturated rings. The summed E-state index contributed by atoms with van der Waals surface area (Å²) in [5, 5.41) is 19.1. The van der Waals surface area contributed by atoms with Gasteiger partial charge in [-0.2, -0.15) is 0 Å². The van der Waals surface area contributed by atoms with Crippen LogP contribution in [0.2, 0.25) is 0 Å². The molecule has 0 aromatic heterocycles. The predicted octanol–water partition coefficient (Wildman–Crippen LogP) is 2.62. The molecule has 0 radical (unpaired) electrons. The number of aromatic hydroxyl groups is 1. The molecular weight excluding hydrogens is 224 g/mol. The molecule has 1 aromatic rings. The van der Waals surface area contributed by atoms with Crippen LogP contribution in [0.25, 0.3) is 0 Å². The first-order chi connectivity index (χ1) is 7.62. The number of aliphatic carboxylic acids is 1. The van der Waals surface area contributed by atoms with Crippen molar-refractivity contribution in [1.29, 1.82) is 0 Å². The third kappa shape index (κ3) is 1.48. The van der Waals surface area contributed by atoms with Gasteiger partial charge >= 0.3 is 5.97 Å². The smallest absolute Gasteiger partial charge is 0.314 e. The largest absolute Gasteiger partial charge is 0.507 e. The Kier molecular flexibility index (Phi) is 2.84. The number of hydrogen-bond donors (Lipinski definition) is 2. The fraction of sp³-hybridized carbons (Fsp3) is 0.417. The molecule has 0 bridgehead atoms. The minimum Gasteiger partial charge on any atom is -0.507 e. The number of carbonyl (C=O) groups is 1. The summed E-state index contributed by atoms with van der Waals surface area (Å²) in [6.07, 6.45) is 4.13. The van der Waals surface area contributed by atoms with Crippen molar-refractivity contribution >= 4 is 17.7 Å². The number of thioether (sulfide) groups is 1. The minimum absolute atomic E-state index is 0.178. The Balaban J connectivity index is 2.54. The average Bonchev–Trinajstić information content (AvgIpc) is 2.15. The van der Waals surface area contributed by atoms with Gasteiger partial charge in [0.1, 0.15) is 5.75 Å². The van der Waals surface area contributed by atoms with Crippen molar-refractivity contribution in [3.8, 4) is 5.75 Å². The average molecular weight is 238 g/mol. The van der Waals surface area contributed by atoms with Gasteiger partial charge in [-0.05, 0) is 30.7 Å². The molecule has 0 amide bonds. The van der Waals surface area contributed by atoms with Gasteiger partial charge in [0, 0.05) is 0 Å². The van der Waals surface area contributed by atoms with Gasteiger partial charge in [0.05, 0.1) is 10.3 Å². The van der Waals surface area contributed by atoms with E-state index >= 15 is 0 Å². The van der Waals surface area contributed by atoms with E-state index in [1.165, 1.54) is 11.8 Å². The van der Waals surface area contributed by atoms with Gasteiger partial charge in [-0.15, -0.1) is 11.8 Å². The van der Waals surface area contributed by atoms with Crippen molar-refractivity contribution in [3.05, 3.63) is 23.8 Å². The SMILES string of the molecule is CSc1c(O)cccc1C1(C(=O)O)CCC1. The Morgan fingerprint density at radius 1 is 1.44 bits per heavy atom. The zero-order valence-corrected chi connectivity index (χ0v) is 9.88. The molecule has 1 aliphatic rings. The second-order valence-corrected chi connectivity index (χ2v) is 4.92. The van der Waals surface area contributed by atoms with Gasteiger partial charge in [-0.25, -0.2) is 0 Å². The van der Waals surface area contributed by atoms with Crippen LogP contribution in [0.1, 0.15) is 24.8 Å². The molecule has 0 spiro atoms. The molecule has 0 saturated heterocycles. The summed E-state index contributed by atoms with van der Waals surface area (Å²) in [4.78, 5) is 12.1. The van der Waals surface area contributed by atoms with Crippen LogP contribution >= 0.6 is 11.8 Å². The standard InChI is InChI=1S/C12H14O3S/c1-16-10-8(4-2-5-9(10)13)12(11(14)15)6-3-7-12/h2,4-5,13H,3,6-7H2,1H3,(H,14,15). The number of benzene rings is 1. The number of phenolic OH excluding ortho intramolecular Hbond substituents is 1. The molecule has 2 N–H and O–H groups in total. The number of rotatable bonds is 3. The number of hydrogen-bond acceptors (Lipinski definition) is 3. The van der Waals surface area contributed by atoms with E-state index in [0.29, 0.717) is 17.7 Å². The summed E-state index contributed by atoms with van der Waals surface area (Å²) in [6.45, 7) is 0. The van der Waals surface area contributed by atoms with E-state index in [9.17, 15) is 15.0 Å². The molecular formula is C12H14O3S. The summed E-state index contributed by atoms with van der Waals surface area (Å²) in [5.41, 5.74) is -0.00405. The molecule has 2 rings (SSSR count). The van der Waals surface area contributed by atoms with E-state index < -0.39 is 11.4 Å². The zero-order valence-electron chi connectivity index (χ0n) is 9.06. The number of phenols is 1. The second kappa shape index (κ2) is 4.01. The monoisotopic (exact) mass is 238 g/mol. The van der Waals surface area contributed by atoms with Gasteiger partial charge in [0.25, 0.3) is 0 Å². The normalized spacial score (nSPS) is 17.8. The third-order valence-corrected chi connectivity index (χ3v) is 4.17. The fourth-order valence-electron chi connectivity index (χ4n) is 2.24. The van der Waals surface area contributed by atoms with Crippen molar-refractivity contribution in [2.24, 2.45) is 0 Å². The first-order valence-electron chi connectivity index (χ1n) is 5.21. The van der Waals surface area contributed by atoms with Crippen LogP contribution in [-0.2, 0) is 10.2 Å². The highest BCUT2D eigenvalue weighted by Crippen LogP contribution is 2.48. The van der Waals surface area contributed by atoms with Crippen LogP contribution < -0.4 is 0 Å². The molecule has 86 valence electrons. The molecule has 0 aliphatic heterocycles. The minimum atomic E-state index is -0.778. The lowest BCUT2D eigenvalue weighted by Crippen LogP contribution is -2.42. The van der Waals surface area contributed by atoms with Gasteiger partial charge in [-0.1, -0.05) is 18.6 Å². The lowest BCUT2D eigenvalue weighted by molar-refractivity contribution is -0.147. The van der Waals surface area contributed by atoms with E-state index in [1.807, 2.05) is 12.3 Å². The molecule has 16 heavy (non-hydrogen) atoms. The summed E-state index contributed by atoms with van der Waals surface area (Å²) in [5.74, 6) is -0.600. The van der Waals surface area contributed by atoms with Crippen LogP contribution in [0.3, 0.4) is 0 Å². The molecule has 1 aromatic carbocycles. The summed E-state index contributed by atoms with van der Waals surface area (Å²) < 4.78 is 0. The topological polar surface area (TPSA) is 57.5 Å². The van der Waals surface area contributed by atoms with Crippen molar-refractivity contribution in [2.45, 2.75) is 29.6 Å². The zero-order chi connectivity index (χ0) is 11.8. The van der Waals surface area contributed by atoms with Gasteiger partial charge in [-0.3, -0.25) is 4.79 Å². The highest BCUT2D eigenvalue weighted by Gasteiger charge is 2.47. The maximum atomic E-state index is 11.4. The van der Waals surface area contributed by atoms with Crippen molar-refractivity contribution < 1.29 is 15.0 Å². The number of carboxylic acid groups (broad SMARTS) is 1. The Bertz CT molecular complexity index is 424. The highest BCUT2D eigenvalue weighted by molar-refractivity contribution is 7.98. The second-order valence-electron chi connectivity index (χ2n) is 4.10. The van der Waals surface area contributed by atoms with Crippen LogP contribution in [0.15, 0.2) is 23.1 Å². The van der Waals surface area contributed by atoms with Crippen molar-refractivity contribution in [1.82, 2.24) is 0 Å². The Hall–Kier alpha value is -1.16. The maximum Gasteiger partial charge on any atom is 0.314 e. The molecule has 0 atom stereocenters. The van der Waals surface area contributed by atoms with Gasteiger partial charge in [0.2, 0.25) is 0 Å². The molecule has 4 heteroatoms. The van der Waals surface area contributed by atoms with E-state index in [1.54, 1.807) is 12.1 Å². The van der Waals surface area contributed by atoms with E-state index in [0.717, 1.165) is 12.0 Å². The van der Waals surface area contributed by atoms with E-state index in [-0.39, 0.29) is 5.75 Å². The molecule has 0 unspecified atom stereocenters. The lowest BCUT2D eigenvalue weighted by atomic mass is 9.64. The molecule has 1 saturated carbocycles. The van der Waals surface area contributed by atoms with E-state index in [4.69, 9.17) is 0 Å². The first kappa shape index (κ1) is 11.3. The van der Waals surface area contributed by atoms with Gasteiger partial charge < -0.3 is 10.2 Å². The Morgan fingerprint density at radius 2 is 2.12 bits per heavy atom. The fourth-order valence-corrected chi connectivity index (χ4v) is 3.01. The third-order valence-electron chi connectivity index (χ3n) is 3.33. The number of carboxylic acids is 1. The maximum absolute atomic E-state index is 11.4. The van der Waals surface area contributed by atoms with Crippen molar-refractivity contribution in [2.75, 3.05) is 6.26 Å². The quantitative estimate of drug-likeness (QED) is 0.795. The van der Waals surface area contributed by atoms with Crippen molar-refractivity contribution in [3.63, 3.8) is 0 Å². The molecule has 0 heterocycles.